The maximum absolute atomic E-state index is 10.4. The van der Waals surface area contributed by atoms with Crippen LogP contribution in [0, 0.1) is 5.92 Å². The van der Waals surface area contributed by atoms with E-state index >= 15 is 0 Å². The first-order chi connectivity index (χ1) is 6.00. The van der Waals surface area contributed by atoms with Gasteiger partial charge in [-0.2, -0.15) is 0 Å². The molecule has 0 aromatic heterocycles. The molecule has 13 heavy (non-hydrogen) atoms. The first kappa shape index (κ1) is 12.1. The third-order valence-corrected chi connectivity index (χ3v) is 1.98. The van der Waals surface area contributed by atoms with Crippen LogP contribution in [0.2, 0.25) is 0 Å². The topological polar surface area (TPSA) is 83.5 Å². The quantitative estimate of drug-likeness (QED) is 0.543. The number of rotatable bonds is 5. The van der Waals surface area contributed by atoms with E-state index in [1.165, 1.54) is 0 Å². The lowest BCUT2D eigenvalue weighted by Crippen LogP contribution is -2.45. The van der Waals surface area contributed by atoms with Crippen molar-refractivity contribution in [2.75, 3.05) is 0 Å². The van der Waals surface area contributed by atoms with Gasteiger partial charge in [0.2, 0.25) is 0 Å². The molecule has 0 aliphatic rings. The summed E-state index contributed by atoms with van der Waals surface area (Å²) < 4.78 is 0. The van der Waals surface area contributed by atoms with Crippen molar-refractivity contribution in [2.45, 2.75) is 32.4 Å². The summed E-state index contributed by atoms with van der Waals surface area (Å²) in [6.45, 7) is 3.64. The van der Waals surface area contributed by atoms with Crippen LogP contribution in [-0.4, -0.2) is 28.3 Å². The zero-order valence-corrected chi connectivity index (χ0v) is 7.97. The number of hydrogen-bond acceptors (Lipinski definition) is 3. The smallest absolute Gasteiger partial charge is 0.323 e. The molecule has 0 fully saturated rings. The molecule has 0 spiro atoms. The summed E-state index contributed by atoms with van der Waals surface area (Å²) in [7, 11) is 0. The maximum Gasteiger partial charge on any atom is 0.323 e. The molecule has 0 radical (unpaired) electrons. The molecule has 76 valence electrons. The highest BCUT2D eigenvalue weighted by Crippen LogP contribution is 2.11. The Bertz CT molecular complexity index is 191. The molecular weight excluding hydrogens is 170 g/mol. The molecule has 0 aromatic rings. The Morgan fingerprint density at radius 2 is 2.15 bits per heavy atom. The van der Waals surface area contributed by atoms with E-state index in [-0.39, 0.29) is 5.92 Å². The maximum atomic E-state index is 10.4. The normalized spacial score (nSPS) is 18.5. The van der Waals surface area contributed by atoms with Crippen LogP contribution < -0.4 is 5.73 Å². The molecule has 4 nitrogen and oxygen atoms in total. The lowest BCUT2D eigenvalue weighted by Gasteiger charge is -2.20. The minimum Gasteiger partial charge on any atom is -0.480 e. The molecule has 0 aliphatic heterocycles. The Morgan fingerprint density at radius 3 is 2.54 bits per heavy atom. The molecule has 0 saturated carbocycles. The largest absolute Gasteiger partial charge is 0.480 e. The van der Waals surface area contributed by atoms with Crippen molar-refractivity contribution in [1.29, 1.82) is 0 Å². The fourth-order valence-electron chi connectivity index (χ4n) is 0.990. The van der Waals surface area contributed by atoms with E-state index in [1.807, 2.05) is 19.1 Å². The molecule has 4 N–H and O–H groups in total. The first-order valence-electron chi connectivity index (χ1n) is 4.28. The standard InChI is InChI=1S/C9H17NO3/c1-3-4-5-6(2)8(11)7(10)9(12)13/h3-4,6-8,11H,5,10H2,1-2H3,(H,12,13)/t6?,7-,8+/m0/s1. The van der Waals surface area contributed by atoms with Crippen LogP contribution in [0.5, 0.6) is 0 Å². The van der Waals surface area contributed by atoms with Crippen LogP contribution >= 0.6 is 0 Å². The summed E-state index contributed by atoms with van der Waals surface area (Å²) >= 11 is 0. The van der Waals surface area contributed by atoms with Gasteiger partial charge in [-0.1, -0.05) is 19.1 Å². The van der Waals surface area contributed by atoms with E-state index in [0.29, 0.717) is 6.42 Å². The first-order valence-corrected chi connectivity index (χ1v) is 4.28. The monoisotopic (exact) mass is 187 g/mol. The van der Waals surface area contributed by atoms with Gasteiger partial charge in [-0.05, 0) is 19.3 Å². The van der Waals surface area contributed by atoms with Crippen molar-refractivity contribution in [3.63, 3.8) is 0 Å². The number of nitrogens with two attached hydrogens (primary N) is 1. The summed E-state index contributed by atoms with van der Waals surface area (Å²) in [4.78, 5) is 10.4. The van der Waals surface area contributed by atoms with Crippen molar-refractivity contribution in [2.24, 2.45) is 11.7 Å². The number of aliphatic hydroxyl groups excluding tert-OH is 1. The van der Waals surface area contributed by atoms with E-state index in [0.717, 1.165) is 0 Å². The van der Waals surface area contributed by atoms with Crippen molar-refractivity contribution < 1.29 is 15.0 Å². The second kappa shape index (κ2) is 5.72. The van der Waals surface area contributed by atoms with E-state index in [2.05, 4.69) is 0 Å². The highest BCUT2D eigenvalue weighted by Gasteiger charge is 2.26. The van der Waals surface area contributed by atoms with E-state index in [1.54, 1.807) is 6.92 Å². The van der Waals surface area contributed by atoms with E-state index < -0.39 is 18.1 Å². The average molecular weight is 187 g/mol. The number of aliphatic hydroxyl groups is 1. The van der Waals surface area contributed by atoms with Gasteiger partial charge in [0.05, 0.1) is 6.10 Å². The third kappa shape index (κ3) is 4.05. The molecule has 4 heteroatoms. The Morgan fingerprint density at radius 1 is 1.62 bits per heavy atom. The minimum absolute atomic E-state index is 0.137. The van der Waals surface area contributed by atoms with Gasteiger partial charge in [-0.3, -0.25) is 4.79 Å². The Labute approximate surface area is 78.1 Å². The molecular formula is C9H17NO3. The molecule has 3 atom stereocenters. The summed E-state index contributed by atoms with van der Waals surface area (Å²) in [5.74, 6) is -1.30. The molecule has 0 heterocycles. The second-order valence-corrected chi connectivity index (χ2v) is 3.14. The van der Waals surface area contributed by atoms with Crippen LogP contribution in [0.4, 0.5) is 0 Å². The summed E-state index contributed by atoms with van der Waals surface area (Å²) in [6.07, 6.45) is 3.38. The highest BCUT2D eigenvalue weighted by molar-refractivity contribution is 5.73. The zero-order chi connectivity index (χ0) is 10.4. The Kier molecular flexibility index (Phi) is 5.34. The van der Waals surface area contributed by atoms with Crippen LogP contribution in [-0.2, 0) is 4.79 Å². The molecule has 0 rings (SSSR count). The van der Waals surface area contributed by atoms with Crippen molar-refractivity contribution in [3.05, 3.63) is 12.2 Å². The SMILES string of the molecule is CC=CCC(C)[C@@H](O)[C@H](N)C(=O)O. The predicted molar refractivity (Wildman–Crippen MR) is 50.2 cm³/mol. The van der Waals surface area contributed by atoms with Crippen LogP contribution in [0.15, 0.2) is 12.2 Å². The number of allylic oxidation sites excluding steroid dienone is 2. The van der Waals surface area contributed by atoms with Gasteiger partial charge in [0.15, 0.2) is 0 Å². The Hall–Kier alpha value is -0.870. The van der Waals surface area contributed by atoms with Gasteiger partial charge in [0.25, 0.3) is 0 Å². The van der Waals surface area contributed by atoms with Gasteiger partial charge in [-0.25, -0.2) is 0 Å². The van der Waals surface area contributed by atoms with Gasteiger partial charge in [0.1, 0.15) is 6.04 Å². The average Bonchev–Trinajstić information content (AvgIpc) is 2.11. The molecule has 1 unspecified atom stereocenters. The fourth-order valence-corrected chi connectivity index (χ4v) is 0.990. The number of carboxylic acid groups (broad SMARTS) is 1. The fraction of sp³-hybridized carbons (Fsp3) is 0.667. The van der Waals surface area contributed by atoms with Crippen molar-refractivity contribution in [1.82, 2.24) is 0 Å². The van der Waals surface area contributed by atoms with Gasteiger partial charge < -0.3 is 15.9 Å². The summed E-state index contributed by atoms with van der Waals surface area (Å²) in [5, 5.41) is 18.0. The highest BCUT2D eigenvalue weighted by atomic mass is 16.4. The molecule has 0 aromatic carbocycles. The van der Waals surface area contributed by atoms with E-state index in [4.69, 9.17) is 10.8 Å². The van der Waals surface area contributed by atoms with E-state index in [9.17, 15) is 9.90 Å². The third-order valence-electron chi connectivity index (χ3n) is 1.98. The lowest BCUT2D eigenvalue weighted by molar-refractivity contribution is -0.142. The molecule has 0 saturated heterocycles. The molecule has 0 amide bonds. The van der Waals surface area contributed by atoms with Gasteiger partial charge in [-0.15, -0.1) is 0 Å². The van der Waals surface area contributed by atoms with Crippen LogP contribution in [0.3, 0.4) is 0 Å². The number of aliphatic carboxylic acids is 1. The van der Waals surface area contributed by atoms with Crippen molar-refractivity contribution in [3.8, 4) is 0 Å². The summed E-state index contributed by atoms with van der Waals surface area (Å²) in [5.41, 5.74) is 5.26. The minimum atomic E-state index is -1.19. The Balaban J connectivity index is 4.08. The van der Waals surface area contributed by atoms with Crippen LogP contribution in [0.1, 0.15) is 20.3 Å². The summed E-state index contributed by atoms with van der Waals surface area (Å²) in [6, 6.07) is -1.19. The number of carbonyl (C=O) groups is 1. The predicted octanol–water partition coefficient (Wildman–Crippen LogP) is 0.362. The van der Waals surface area contributed by atoms with Crippen molar-refractivity contribution >= 4 is 5.97 Å². The number of hydrogen-bond donors (Lipinski definition) is 3. The lowest BCUT2D eigenvalue weighted by atomic mass is 9.95. The van der Waals surface area contributed by atoms with Crippen LogP contribution in [0.25, 0.3) is 0 Å². The second-order valence-electron chi connectivity index (χ2n) is 3.14. The van der Waals surface area contributed by atoms with Gasteiger partial charge in [0, 0.05) is 0 Å². The number of carboxylic acids is 1. The molecule has 0 aliphatic carbocycles. The van der Waals surface area contributed by atoms with Gasteiger partial charge >= 0.3 is 5.97 Å². The molecule has 0 bridgehead atoms. The zero-order valence-electron chi connectivity index (χ0n) is 7.97.